The highest BCUT2D eigenvalue weighted by Gasteiger charge is 2.08. The molecule has 21 heavy (non-hydrogen) atoms. The van der Waals surface area contributed by atoms with Crippen LogP contribution in [0, 0.1) is 10.1 Å². The Bertz CT molecular complexity index is 719. The number of non-ortho nitro benzene ring substituents is 1. The minimum absolute atomic E-state index is 0.00435. The number of pyridine rings is 1. The highest BCUT2D eigenvalue weighted by molar-refractivity contribution is 6.35. The monoisotopic (exact) mass is 324 g/mol. The maximum Gasteiger partial charge on any atom is 0.270 e. The molecule has 2 aromatic rings. The molecule has 0 aliphatic heterocycles. The van der Waals surface area contributed by atoms with E-state index in [1.807, 2.05) is 0 Å². The van der Waals surface area contributed by atoms with Crippen LogP contribution in [0.2, 0.25) is 10.0 Å². The smallest absolute Gasteiger partial charge is 0.260 e. The number of aromatic nitrogens is 1. The van der Waals surface area contributed by atoms with Gasteiger partial charge in [-0.3, -0.25) is 15.5 Å². The first kappa shape index (κ1) is 15.2. The van der Waals surface area contributed by atoms with Crippen molar-refractivity contribution in [3.63, 3.8) is 0 Å². The number of nitro groups is 1. The molecule has 1 N–H and O–H groups in total. The van der Waals surface area contributed by atoms with Crippen LogP contribution >= 0.6 is 23.2 Å². The number of rotatable bonds is 4. The molecule has 0 bridgehead atoms. The molecule has 0 aliphatic rings. The maximum absolute atomic E-state index is 10.7. The van der Waals surface area contributed by atoms with Crippen LogP contribution in [0.5, 0.6) is 0 Å². The Morgan fingerprint density at radius 1 is 1.38 bits per heavy atom. The summed E-state index contributed by atoms with van der Waals surface area (Å²) in [5.41, 5.74) is 3.90. The minimum atomic E-state index is -0.457. The summed E-state index contributed by atoms with van der Waals surface area (Å²) in [7, 11) is 0. The first-order valence-electron chi connectivity index (χ1n) is 5.83. The van der Waals surface area contributed by atoms with Crippen LogP contribution in [0.15, 0.2) is 41.6 Å². The van der Waals surface area contributed by atoms with Crippen molar-refractivity contribution in [2.24, 2.45) is 5.10 Å². The first-order valence-corrected chi connectivity index (χ1v) is 6.59. The van der Waals surface area contributed by atoms with Crippen molar-refractivity contribution in [1.29, 1.82) is 0 Å². The Morgan fingerprint density at radius 2 is 2.14 bits per heavy atom. The summed E-state index contributed by atoms with van der Waals surface area (Å²) in [6.45, 7) is 1.72. The quantitative estimate of drug-likeness (QED) is 0.520. The molecule has 1 aromatic carbocycles. The molecule has 0 saturated heterocycles. The molecule has 108 valence electrons. The Morgan fingerprint density at radius 3 is 2.81 bits per heavy atom. The number of halogens is 2. The summed E-state index contributed by atoms with van der Waals surface area (Å²) in [5, 5.41) is 15.6. The van der Waals surface area contributed by atoms with E-state index in [0.717, 1.165) is 0 Å². The van der Waals surface area contributed by atoms with Gasteiger partial charge in [0.25, 0.3) is 5.69 Å². The molecule has 1 aromatic heterocycles. The lowest BCUT2D eigenvalue weighted by Gasteiger charge is -2.05. The summed E-state index contributed by atoms with van der Waals surface area (Å²) in [6, 6.07) is 7.72. The summed E-state index contributed by atoms with van der Waals surface area (Å²) < 4.78 is 0. The molecule has 0 atom stereocenters. The zero-order valence-electron chi connectivity index (χ0n) is 10.9. The fourth-order valence-corrected chi connectivity index (χ4v) is 1.97. The molecule has 0 radical (unpaired) electrons. The summed E-state index contributed by atoms with van der Waals surface area (Å²) >= 11 is 11.7. The number of nitrogens with one attached hydrogen (secondary N) is 1. The molecule has 0 amide bonds. The maximum atomic E-state index is 10.7. The normalized spacial score (nSPS) is 11.3. The van der Waals surface area contributed by atoms with Gasteiger partial charge in [0, 0.05) is 23.9 Å². The Labute approximate surface area is 130 Å². The number of nitrogens with zero attached hydrogens (tertiary/aromatic N) is 3. The zero-order chi connectivity index (χ0) is 15.4. The van der Waals surface area contributed by atoms with Gasteiger partial charge in [0.1, 0.15) is 0 Å². The van der Waals surface area contributed by atoms with E-state index < -0.39 is 4.92 Å². The fourth-order valence-electron chi connectivity index (χ4n) is 1.54. The molecule has 0 unspecified atom stereocenters. The third kappa shape index (κ3) is 3.90. The number of nitro benzene ring substituents is 1. The van der Waals surface area contributed by atoms with E-state index >= 15 is 0 Å². The SMILES string of the molecule is C/C(=N\Nc1ncc(Cl)cc1Cl)c1cccc([N+](=O)[O-])c1. The molecule has 0 fully saturated rings. The number of hydrazone groups is 1. The van der Waals surface area contributed by atoms with Gasteiger partial charge < -0.3 is 0 Å². The Balaban J connectivity index is 2.21. The molecular formula is C13H10Cl2N4O2. The van der Waals surface area contributed by atoms with Gasteiger partial charge in [-0.05, 0) is 13.0 Å². The van der Waals surface area contributed by atoms with Gasteiger partial charge in [0.05, 0.1) is 20.7 Å². The minimum Gasteiger partial charge on any atom is -0.260 e. The number of benzene rings is 1. The van der Waals surface area contributed by atoms with Crippen molar-refractivity contribution in [1.82, 2.24) is 4.98 Å². The fraction of sp³-hybridized carbons (Fsp3) is 0.0769. The van der Waals surface area contributed by atoms with Crippen LogP contribution in [0.25, 0.3) is 0 Å². The van der Waals surface area contributed by atoms with E-state index in [9.17, 15) is 10.1 Å². The number of hydrogen-bond donors (Lipinski definition) is 1. The van der Waals surface area contributed by atoms with Gasteiger partial charge in [-0.25, -0.2) is 4.98 Å². The van der Waals surface area contributed by atoms with E-state index in [4.69, 9.17) is 23.2 Å². The zero-order valence-corrected chi connectivity index (χ0v) is 12.4. The second-order valence-corrected chi connectivity index (χ2v) is 4.94. The number of hydrogen-bond acceptors (Lipinski definition) is 5. The summed E-state index contributed by atoms with van der Waals surface area (Å²) in [6.07, 6.45) is 1.44. The van der Waals surface area contributed by atoms with Gasteiger partial charge in [-0.15, -0.1) is 0 Å². The van der Waals surface area contributed by atoms with E-state index in [1.165, 1.54) is 24.4 Å². The van der Waals surface area contributed by atoms with Crippen LogP contribution in [-0.4, -0.2) is 15.6 Å². The van der Waals surface area contributed by atoms with Crippen LogP contribution in [0.1, 0.15) is 12.5 Å². The average molecular weight is 325 g/mol. The second-order valence-electron chi connectivity index (χ2n) is 4.10. The van der Waals surface area contributed by atoms with Crippen molar-refractivity contribution >= 4 is 40.4 Å². The van der Waals surface area contributed by atoms with E-state index in [-0.39, 0.29) is 5.69 Å². The van der Waals surface area contributed by atoms with Crippen molar-refractivity contribution < 1.29 is 4.92 Å². The van der Waals surface area contributed by atoms with Crippen molar-refractivity contribution in [2.45, 2.75) is 6.92 Å². The lowest BCUT2D eigenvalue weighted by molar-refractivity contribution is -0.384. The molecule has 0 saturated carbocycles. The Hall–Kier alpha value is -2.18. The third-order valence-corrected chi connectivity index (χ3v) is 3.11. The largest absolute Gasteiger partial charge is 0.270 e. The predicted molar refractivity (Wildman–Crippen MR) is 83.2 cm³/mol. The topological polar surface area (TPSA) is 80.4 Å². The first-order chi connectivity index (χ1) is 9.97. The Kier molecular flexibility index (Phi) is 4.72. The van der Waals surface area contributed by atoms with Gasteiger partial charge in [-0.1, -0.05) is 35.3 Å². The molecule has 6 nitrogen and oxygen atoms in total. The van der Waals surface area contributed by atoms with Gasteiger partial charge in [0.15, 0.2) is 5.82 Å². The van der Waals surface area contributed by atoms with Gasteiger partial charge in [0.2, 0.25) is 0 Å². The van der Waals surface area contributed by atoms with Crippen LogP contribution in [0.4, 0.5) is 11.5 Å². The highest BCUT2D eigenvalue weighted by atomic mass is 35.5. The van der Waals surface area contributed by atoms with E-state index in [0.29, 0.717) is 27.1 Å². The molecule has 2 rings (SSSR count). The van der Waals surface area contributed by atoms with Crippen LogP contribution < -0.4 is 5.43 Å². The van der Waals surface area contributed by atoms with Gasteiger partial charge >= 0.3 is 0 Å². The second kappa shape index (κ2) is 6.51. The van der Waals surface area contributed by atoms with Gasteiger partial charge in [-0.2, -0.15) is 5.10 Å². The molecule has 0 aliphatic carbocycles. The average Bonchev–Trinajstić information content (AvgIpc) is 2.46. The van der Waals surface area contributed by atoms with Crippen molar-refractivity contribution in [3.8, 4) is 0 Å². The molecule has 0 spiro atoms. The lowest BCUT2D eigenvalue weighted by atomic mass is 10.1. The standard InChI is InChI=1S/C13H10Cl2N4O2/c1-8(9-3-2-4-11(5-9)19(20)21)17-18-13-12(15)6-10(14)7-16-13/h2-7H,1H3,(H,16,18)/b17-8+. The molecule has 8 heteroatoms. The van der Waals surface area contributed by atoms with Crippen molar-refractivity contribution in [2.75, 3.05) is 5.43 Å². The van der Waals surface area contributed by atoms with Crippen molar-refractivity contribution in [3.05, 3.63) is 62.3 Å². The summed E-state index contributed by atoms with van der Waals surface area (Å²) in [4.78, 5) is 14.3. The van der Waals surface area contributed by atoms with Crippen LogP contribution in [0.3, 0.4) is 0 Å². The van der Waals surface area contributed by atoms with Crippen LogP contribution in [-0.2, 0) is 0 Å². The number of anilines is 1. The lowest BCUT2D eigenvalue weighted by Crippen LogP contribution is -2.02. The van der Waals surface area contributed by atoms with E-state index in [1.54, 1.807) is 19.1 Å². The third-order valence-electron chi connectivity index (χ3n) is 2.61. The summed E-state index contributed by atoms with van der Waals surface area (Å²) in [5.74, 6) is 0.353. The highest BCUT2D eigenvalue weighted by Crippen LogP contribution is 2.22. The molecular weight excluding hydrogens is 315 g/mol. The van der Waals surface area contributed by atoms with E-state index in [2.05, 4.69) is 15.5 Å². The predicted octanol–water partition coefficient (Wildman–Crippen LogP) is 4.13. The molecule has 1 heterocycles.